The van der Waals surface area contributed by atoms with Crippen molar-refractivity contribution in [1.29, 1.82) is 0 Å². The summed E-state index contributed by atoms with van der Waals surface area (Å²) < 4.78 is 13.1. The fourth-order valence-corrected chi connectivity index (χ4v) is 4.38. The smallest absolute Gasteiger partial charge is 0.293 e. The van der Waals surface area contributed by atoms with Gasteiger partial charge in [0.1, 0.15) is 11.5 Å². The molecule has 0 radical (unpaired) electrons. The highest BCUT2D eigenvalue weighted by atomic mass is 19.1. The third kappa shape index (κ3) is 4.78. The number of nitrogens with zero attached hydrogens (tertiary/aromatic N) is 4. The number of nitro benzene ring substituents is 1. The third-order valence-corrected chi connectivity index (χ3v) is 6.12. The van der Waals surface area contributed by atoms with E-state index in [2.05, 4.69) is 9.80 Å². The Morgan fingerprint density at radius 1 is 0.839 bits per heavy atom. The monoisotopic (exact) mass is 426 g/mol. The zero-order valence-corrected chi connectivity index (χ0v) is 17.5. The van der Waals surface area contributed by atoms with Crippen LogP contribution >= 0.6 is 0 Å². The second kappa shape index (κ2) is 9.32. The van der Waals surface area contributed by atoms with E-state index in [1.54, 1.807) is 29.2 Å². The maximum atomic E-state index is 13.1. The first-order valence-corrected chi connectivity index (χ1v) is 10.9. The van der Waals surface area contributed by atoms with E-state index in [0.29, 0.717) is 37.4 Å². The average Bonchev–Trinajstić information content (AvgIpc) is 3.08. The molecule has 0 N–H and O–H groups in total. The number of nitro groups is 1. The Labute approximate surface area is 181 Å². The lowest BCUT2D eigenvalue weighted by molar-refractivity contribution is -0.384. The zero-order chi connectivity index (χ0) is 21.8. The number of carbonyl (C=O) groups is 1. The number of hydrogen-bond acceptors (Lipinski definition) is 5. The number of hydrogen-bond donors (Lipinski definition) is 0. The molecule has 4 rings (SSSR count). The minimum atomic E-state index is -0.385. The molecule has 0 aromatic heterocycles. The summed E-state index contributed by atoms with van der Waals surface area (Å²) in [6, 6.07) is 11.2. The maximum Gasteiger partial charge on any atom is 0.293 e. The molecule has 0 aliphatic carbocycles. The van der Waals surface area contributed by atoms with Gasteiger partial charge in [0.25, 0.3) is 11.6 Å². The van der Waals surface area contributed by atoms with E-state index < -0.39 is 0 Å². The molecule has 1 amide bonds. The predicted octanol–water partition coefficient (Wildman–Crippen LogP) is 4.08. The summed E-state index contributed by atoms with van der Waals surface area (Å²) in [6.45, 7) is 3.89. The van der Waals surface area contributed by atoms with Gasteiger partial charge in [-0.3, -0.25) is 14.9 Å². The van der Waals surface area contributed by atoms with Crippen LogP contribution in [-0.4, -0.2) is 55.0 Å². The Morgan fingerprint density at radius 2 is 1.48 bits per heavy atom. The molecule has 2 aliphatic rings. The molecule has 0 saturated carbocycles. The molecule has 31 heavy (non-hydrogen) atoms. The van der Waals surface area contributed by atoms with Crippen LogP contribution in [0.2, 0.25) is 0 Å². The fraction of sp³-hybridized carbons (Fsp3) is 0.435. The normalized spacial score (nSPS) is 17.4. The number of benzene rings is 2. The van der Waals surface area contributed by atoms with E-state index in [4.69, 9.17) is 0 Å². The van der Waals surface area contributed by atoms with E-state index in [1.807, 2.05) is 0 Å². The summed E-state index contributed by atoms with van der Waals surface area (Å²) in [4.78, 5) is 30.3. The van der Waals surface area contributed by atoms with E-state index in [1.165, 1.54) is 18.2 Å². The van der Waals surface area contributed by atoms with Crippen LogP contribution in [0, 0.1) is 15.9 Å². The van der Waals surface area contributed by atoms with Gasteiger partial charge in [0, 0.05) is 56.6 Å². The van der Waals surface area contributed by atoms with Crippen LogP contribution < -0.4 is 9.80 Å². The molecule has 2 saturated heterocycles. The molecule has 2 aromatic rings. The van der Waals surface area contributed by atoms with Gasteiger partial charge in [0.15, 0.2) is 0 Å². The number of carbonyl (C=O) groups excluding carboxylic acids is 1. The van der Waals surface area contributed by atoms with Crippen LogP contribution in [0.1, 0.15) is 36.0 Å². The van der Waals surface area contributed by atoms with E-state index >= 15 is 0 Å². The molecule has 2 heterocycles. The van der Waals surface area contributed by atoms with Gasteiger partial charge in [-0.1, -0.05) is 12.8 Å². The van der Waals surface area contributed by atoms with Gasteiger partial charge < -0.3 is 14.7 Å². The predicted molar refractivity (Wildman–Crippen MR) is 118 cm³/mol. The molecule has 0 bridgehead atoms. The number of piperazine rings is 1. The van der Waals surface area contributed by atoms with Gasteiger partial charge in [-0.25, -0.2) is 4.39 Å². The number of halogens is 1. The van der Waals surface area contributed by atoms with Crippen molar-refractivity contribution in [3.8, 4) is 0 Å². The topological polar surface area (TPSA) is 69.9 Å². The van der Waals surface area contributed by atoms with Crippen molar-refractivity contribution in [2.45, 2.75) is 25.7 Å². The van der Waals surface area contributed by atoms with Crippen LogP contribution in [0.4, 0.5) is 21.5 Å². The summed E-state index contributed by atoms with van der Waals surface area (Å²) in [5.41, 5.74) is 1.87. The fourth-order valence-electron chi connectivity index (χ4n) is 4.38. The van der Waals surface area contributed by atoms with Crippen LogP contribution in [0.5, 0.6) is 0 Å². The van der Waals surface area contributed by atoms with Crippen molar-refractivity contribution in [2.24, 2.45) is 0 Å². The van der Waals surface area contributed by atoms with Crippen molar-refractivity contribution < 1.29 is 14.1 Å². The van der Waals surface area contributed by atoms with Crippen LogP contribution in [0.25, 0.3) is 0 Å². The minimum Gasteiger partial charge on any atom is -0.368 e. The first-order chi connectivity index (χ1) is 15.0. The molecule has 164 valence electrons. The summed E-state index contributed by atoms with van der Waals surface area (Å²) in [5, 5.41) is 11.7. The number of rotatable bonds is 4. The Balaban J connectivity index is 1.46. The second-order valence-corrected chi connectivity index (χ2v) is 8.12. The van der Waals surface area contributed by atoms with Crippen molar-refractivity contribution in [3.63, 3.8) is 0 Å². The molecule has 2 fully saturated rings. The lowest BCUT2D eigenvalue weighted by atomic mass is 10.1. The van der Waals surface area contributed by atoms with Gasteiger partial charge in [0.2, 0.25) is 0 Å². The Hall–Kier alpha value is -3.16. The Morgan fingerprint density at radius 3 is 2.10 bits per heavy atom. The van der Waals surface area contributed by atoms with Crippen molar-refractivity contribution in [3.05, 3.63) is 64.0 Å². The summed E-state index contributed by atoms with van der Waals surface area (Å²) in [6.07, 6.45) is 4.34. The Kier molecular flexibility index (Phi) is 6.34. The summed E-state index contributed by atoms with van der Waals surface area (Å²) >= 11 is 0. The number of amides is 1. The minimum absolute atomic E-state index is 0.00213. The zero-order valence-electron chi connectivity index (χ0n) is 17.5. The highest BCUT2D eigenvalue weighted by molar-refractivity contribution is 5.96. The second-order valence-electron chi connectivity index (χ2n) is 8.12. The highest BCUT2D eigenvalue weighted by Crippen LogP contribution is 2.31. The maximum absolute atomic E-state index is 13.1. The third-order valence-electron chi connectivity index (χ3n) is 6.12. The quantitative estimate of drug-likeness (QED) is 0.544. The van der Waals surface area contributed by atoms with Crippen LogP contribution in [0.3, 0.4) is 0 Å². The van der Waals surface area contributed by atoms with Gasteiger partial charge >= 0.3 is 0 Å². The lowest BCUT2D eigenvalue weighted by Crippen LogP contribution is -2.48. The molecular formula is C23H27FN4O3. The van der Waals surface area contributed by atoms with Crippen molar-refractivity contribution in [1.82, 2.24) is 4.90 Å². The molecule has 2 aromatic carbocycles. The molecule has 0 atom stereocenters. The van der Waals surface area contributed by atoms with Crippen LogP contribution in [0.15, 0.2) is 42.5 Å². The number of anilines is 2. The SMILES string of the molecule is O=C(c1ccc(N2CCCCCC2)c([N+](=O)[O-])c1)N1CCN(c2ccc(F)cc2)CC1. The summed E-state index contributed by atoms with van der Waals surface area (Å²) in [5.74, 6) is -0.466. The largest absolute Gasteiger partial charge is 0.368 e. The average molecular weight is 426 g/mol. The first kappa shape index (κ1) is 21.1. The lowest BCUT2D eigenvalue weighted by Gasteiger charge is -2.36. The van der Waals surface area contributed by atoms with E-state index in [-0.39, 0.29) is 22.3 Å². The van der Waals surface area contributed by atoms with E-state index in [9.17, 15) is 19.3 Å². The highest BCUT2D eigenvalue weighted by Gasteiger charge is 2.26. The van der Waals surface area contributed by atoms with Gasteiger partial charge in [-0.05, 0) is 49.2 Å². The van der Waals surface area contributed by atoms with Gasteiger partial charge in [0.05, 0.1) is 4.92 Å². The Bertz CT molecular complexity index is 934. The van der Waals surface area contributed by atoms with Crippen molar-refractivity contribution in [2.75, 3.05) is 49.1 Å². The summed E-state index contributed by atoms with van der Waals surface area (Å²) in [7, 11) is 0. The molecular weight excluding hydrogens is 399 g/mol. The standard InChI is InChI=1S/C23H27FN4O3/c24-19-6-8-20(9-7-19)25-13-15-27(16-14-25)23(29)18-5-10-21(22(17-18)28(30)31)26-11-3-1-2-4-12-26/h5-10,17H,1-4,11-16H2. The first-order valence-electron chi connectivity index (χ1n) is 10.9. The molecule has 8 heteroatoms. The van der Waals surface area contributed by atoms with E-state index in [0.717, 1.165) is 44.5 Å². The van der Waals surface area contributed by atoms with Crippen LogP contribution in [-0.2, 0) is 0 Å². The van der Waals surface area contributed by atoms with Gasteiger partial charge in [-0.2, -0.15) is 0 Å². The molecule has 0 unspecified atom stereocenters. The van der Waals surface area contributed by atoms with Crippen molar-refractivity contribution >= 4 is 23.0 Å². The molecule has 7 nitrogen and oxygen atoms in total. The van der Waals surface area contributed by atoms with Gasteiger partial charge in [-0.15, -0.1) is 0 Å². The molecule has 2 aliphatic heterocycles. The molecule has 0 spiro atoms.